The van der Waals surface area contributed by atoms with Crippen LogP contribution >= 0.6 is 0 Å². The minimum absolute atomic E-state index is 0.279. The highest BCUT2D eigenvalue weighted by atomic mass is 16.4. The average molecular weight is 299 g/mol. The van der Waals surface area contributed by atoms with Crippen molar-refractivity contribution < 1.29 is 14.7 Å². The summed E-state index contributed by atoms with van der Waals surface area (Å²) in [5.74, 6) is -0.996. The van der Waals surface area contributed by atoms with Gasteiger partial charge in [-0.25, -0.2) is 4.79 Å². The lowest BCUT2D eigenvalue weighted by Crippen LogP contribution is -2.54. The van der Waals surface area contributed by atoms with E-state index in [0.717, 1.165) is 13.1 Å². The van der Waals surface area contributed by atoms with Crippen molar-refractivity contribution in [2.75, 3.05) is 26.2 Å². The highest BCUT2D eigenvalue weighted by Crippen LogP contribution is 2.14. The van der Waals surface area contributed by atoms with E-state index >= 15 is 0 Å². The molecule has 2 N–H and O–H groups in total. The Balaban J connectivity index is 2.50. The zero-order chi connectivity index (χ0) is 16.0. The van der Waals surface area contributed by atoms with Crippen LogP contribution < -0.4 is 5.32 Å². The van der Waals surface area contributed by atoms with Crippen LogP contribution in [0.3, 0.4) is 0 Å². The standard InChI is InChI=1S/C15H29N3O3/c1-12(17-8-6-5-7-9-17)10-16-14(21)18(11-13(19)20)15(2,3)4/h12H,5-11H2,1-4H3,(H,16,21)(H,19,20). The first-order valence-corrected chi connectivity index (χ1v) is 7.73. The number of carboxylic acids is 1. The number of carboxylic acid groups (broad SMARTS) is 1. The average Bonchev–Trinajstić information content (AvgIpc) is 2.41. The summed E-state index contributed by atoms with van der Waals surface area (Å²) in [5, 5.41) is 11.8. The van der Waals surface area contributed by atoms with E-state index in [0.29, 0.717) is 6.54 Å². The summed E-state index contributed by atoms with van der Waals surface area (Å²) in [6, 6.07) is -0.0327. The van der Waals surface area contributed by atoms with Gasteiger partial charge in [0, 0.05) is 18.1 Å². The van der Waals surface area contributed by atoms with Crippen LogP contribution in [0.2, 0.25) is 0 Å². The Morgan fingerprint density at radius 2 is 1.81 bits per heavy atom. The third-order valence-corrected chi connectivity index (χ3v) is 3.91. The van der Waals surface area contributed by atoms with Crippen LogP contribution in [0.15, 0.2) is 0 Å². The molecule has 0 aromatic heterocycles. The lowest BCUT2D eigenvalue weighted by atomic mass is 10.1. The third-order valence-electron chi connectivity index (χ3n) is 3.91. The molecule has 6 nitrogen and oxygen atoms in total. The minimum Gasteiger partial charge on any atom is -0.480 e. The predicted molar refractivity (Wildman–Crippen MR) is 82.4 cm³/mol. The summed E-state index contributed by atoms with van der Waals surface area (Å²) < 4.78 is 0. The quantitative estimate of drug-likeness (QED) is 0.811. The van der Waals surface area contributed by atoms with Gasteiger partial charge >= 0.3 is 12.0 Å². The highest BCUT2D eigenvalue weighted by Gasteiger charge is 2.28. The minimum atomic E-state index is -0.996. The number of amides is 2. The number of carbonyl (C=O) groups excluding carboxylic acids is 1. The monoisotopic (exact) mass is 299 g/mol. The summed E-state index contributed by atoms with van der Waals surface area (Å²) in [4.78, 5) is 26.9. The zero-order valence-corrected chi connectivity index (χ0v) is 13.7. The molecular formula is C15H29N3O3. The summed E-state index contributed by atoms with van der Waals surface area (Å²) in [6.07, 6.45) is 3.71. The number of nitrogens with zero attached hydrogens (tertiary/aromatic N) is 2. The van der Waals surface area contributed by atoms with E-state index in [-0.39, 0.29) is 18.6 Å². The first-order chi connectivity index (χ1) is 9.71. The predicted octanol–water partition coefficient (Wildman–Crippen LogP) is 1.76. The van der Waals surface area contributed by atoms with Crippen molar-refractivity contribution in [2.24, 2.45) is 0 Å². The number of likely N-dealkylation sites (tertiary alicyclic amines) is 1. The number of piperidine rings is 1. The van der Waals surface area contributed by atoms with Gasteiger partial charge in [0.15, 0.2) is 0 Å². The van der Waals surface area contributed by atoms with Crippen molar-refractivity contribution in [3.63, 3.8) is 0 Å². The summed E-state index contributed by atoms with van der Waals surface area (Å²) in [5.41, 5.74) is -0.517. The van der Waals surface area contributed by atoms with Gasteiger partial charge < -0.3 is 15.3 Å². The van der Waals surface area contributed by atoms with Gasteiger partial charge in [-0.15, -0.1) is 0 Å². The molecule has 0 radical (unpaired) electrons. The fraction of sp³-hybridized carbons (Fsp3) is 0.867. The van der Waals surface area contributed by atoms with Crippen LogP contribution in [0, 0.1) is 0 Å². The molecule has 1 atom stereocenters. The van der Waals surface area contributed by atoms with Gasteiger partial charge in [0.1, 0.15) is 6.54 Å². The SMILES string of the molecule is CC(CNC(=O)N(CC(=O)O)C(C)(C)C)N1CCCCC1. The van der Waals surface area contributed by atoms with E-state index in [4.69, 9.17) is 5.11 Å². The molecule has 1 unspecified atom stereocenters. The molecule has 0 aromatic rings. The second-order valence-corrected chi connectivity index (χ2v) is 6.78. The molecule has 6 heteroatoms. The highest BCUT2D eigenvalue weighted by molar-refractivity contribution is 5.80. The van der Waals surface area contributed by atoms with Gasteiger partial charge in [-0.05, 0) is 53.6 Å². The summed E-state index contributed by atoms with van der Waals surface area (Å²) in [7, 11) is 0. The van der Waals surface area contributed by atoms with Gasteiger partial charge in [-0.3, -0.25) is 9.69 Å². The molecule has 2 amide bonds. The van der Waals surface area contributed by atoms with Crippen LogP contribution in [0.1, 0.15) is 47.0 Å². The van der Waals surface area contributed by atoms with Crippen LogP contribution in [-0.2, 0) is 4.79 Å². The second-order valence-electron chi connectivity index (χ2n) is 6.78. The van der Waals surface area contributed by atoms with E-state index in [2.05, 4.69) is 17.1 Å². The van der Waals surface area contributed by atoms with Crippen LogP contribution in [0.5, 0.6) is 0 Å². The summed E-state index contributed by atoms with van der Waals surface area (Å²) in [6.45, 7) is 10.0. The molecule has 0 aliphatic carbocycles. The van der Waals surface area contributed by atoms with Crippen molar-refractivity contribution in [1.29, 1.82) is 0 Å². The van der Waals surface area contributed by atoms with E-state index in [1.54, 1.807) is 0 Å². The maximum absolute atomic E-state index is 12.2. The zero-order valence-electron chi connectivity index (χ0n) is 13.7. The molecular weight excluding hydrogens is 270 g/mol. The Labute approximate surface area is 127 Å². The summed E-state index contributed by atoms with van der Waals surface area (Å²) >= 11 is 0. The van der Waals surface area contributed by atoms with E-state index in [1.165, 1.54) is 24.2 Å². The molecule has 0 spiro atoms. The van der Waals surface area contributed by atoms with Crippen molar-refractivity contribution in [2.45, 2.75) is 58.5 Å². The lowest BCUT2D eigenvalue weighted by Gasteiger charge is -2.36. The van der Waals surface area contributed by atoms with Gasteiger partial charge in [0.2, 0.25) is 0 Å². The number of nitrogens with one attached hydrogen (secondary N) is 1. The molecule has 0 aromatic carbocycles. The van der Waals surface area contributed by atoms with Crippen molar-refractivity contribution in [3.05, 3.63) is 0 Å². The molecule has 21 heavy (non-hydrogen) atoms. The third kappa shape index (κ3) is 5.91. The molecule has 122 valence electrons. The number of hydrogen-bond acceptors (Lipinski definition) is 3. The number of hydrogen-bond donors (Lipinski definition) is 2. The first-order valence-electron chi connectivity index (χ1n) is 7.73. The molecule has 1 aliphatic heterocycles. The molecule has 1 rings (SSSR count). The second kappa shape index (κ2) is 7.64. The molecule has 1 fully saturated rings. The Morgan fingerprint density at radius 3 is 2.29 bits per heavy atom. The van der Waals surface area contributed by atoms with Gasteiger partial charge in [0.05, 0.1) is 0 Å². The Morgan fingerprint density at radius 1 is 1.24 bits per heavy atom. The maximum atomic E-state index is 12.2. The lowest BCUT2D eigenvalue weighted by molar-refractivity contribution is -0.138. The molecule has 0 bridgehead atoms. The van der Waals surface area contributed by atoms with Gasteiger partial charge in [0.25, 0.3) is 0 Å². The fourth-order valence-corrected chi connectivity index (χ4v) is 2.57. The van der Waals surface area contributed by atoms with E-state index < -0.39 is 11.5 Å². The van der Waals surface area contributed by atoms with Crippen molar-refractivity contribution in [1.82, 2.24) is 15.1 Å². The fourth-order valence-electron chi connectivity index (χ4n) is 2.57. The first kappa shape index (κ1) is 17.8. The molecule has 0 saturated carbocycles. The van der Waals surface area contributed by atoms with Gasteiger partial charge in [-0.2, -0.15) is 0 Å². The van der Waals surface area contributed by atoms with Crippen molar-refractivity contribution >= 4 is 12.0 Å². The van der Waals surface area contributed by atoms with Gasteiger partial charge in [-0.1, -0.05) is 6.42 Å². The number of carbonyl (C=O) groups is 2. The molecule has 1 saturated heterocycles. The van der Waals surface area contributed by atoms with Crippen LogP contribution in [-0.4, -0.2) is 64.7 Å². The molecule has 1 aliphatic rings. The van der Waals surface area contributed by atoms with Crippen LogP contribution in [0.25, 0.3) is 0 Å². The normalized spacial score (nSPS) is 18.1. The number of urea groups is 1. The smallest absolute Gasteiger partial charge is 0.323 e. The van der Waals surface area contributed by atoms with E-state index in [9.17, 15) is 9.59 Å². The number of rotatable bonds is 5. The maximum Gasteiger partial charge on any atom is 0.323 e. The van der Waals surface area contributed by atoms with E-state index in [1.807, 2.05) is 20.8 Å². The Hall–Kier alpha value is -1.30. The molecule has 1 heterocycles. The Bertz CT molecular complexity index is 360. The van der Waals surface area contributed by atoms with Crippen molar-refractivity contribution in [3.8, 4) is 0 Å². The largest absolute Gasteiger partial charge is 0.480 e. The van der Waals surface area contributed by atoms with Crippen LogP contribution in [0.4, 0.5) is 4.79 Å². The number of aliphatic carboxylic acids is 1. The topological polar surface area (TPSA) is 72.9 Å². The Kier molecular flexibility index (Phi) is 6.45.